The van der Waals surface area contributed by atoms with Crippen LogP contribution < -0.4 is 21.3 Å². The highest BCUT2D eigenvalue weighted by Gasteiger charge is 2.57. The molecular weight excluding hydrogens is 418 g/mol. The van der Waals surface area contributed by atoms with Crippen molar-refractivity contribution in [3.05, 3.63) is 29.8 Å². The topological polar surface area (TPSA) is 151 Å². The predicted octanol–water partition coefficient (Wildman–Crippen LogP) is -1.37. The van der Waals surface area contributed by atoms with Gasteiger partial charge in [-0.05, 0) is 31.3 Å². The number of likely N-dealkylation sites (N-methyl/N-ethyl adjacent to an activating group) is 1. The summed E-state index contributed by atoms with van der Waals surface area (Å²) in [7, 11) is 2.06. The first-order chi connectivity index (χ1) is 15.5. The molecule has 0 aliphatic carbocycles. The lowest BCUT2D eigenvalue weighted by molar-refractivity contribution is -0.136. The molecule has 1 amide bonds. The van der Waals surface area contributed by atoms with Crippen molar-refractivity contribution < 1.29 is 23.9 Å². The molecule has 12 heteroatoms. The molecule has 3 aliphatic heterocycles. The molecule has 3 atom stereocenters. The van der Waals surface area contributed by atoms with Gasteiger partial charge in [-0.15, -0.1) is 0 Å². The molecule has 1 saturated heterocycles. The molecule has 3 heterocycles. The zero-order valence-electron chi connectivity index (χ0n) is 17.6. The van der Waals surface area contributed by atoms with E-state index in [1.807, 2.05) is 12.1 Å². The van der Waals surface area contributed by atoms with E-state index >= 15 is 0 Å². The second-order valence-electron chi connectivity index (χ2n) is 7.70. The maximum Gasteiger partial charge on any atom is 0.295 e. The smallest absolute Gasteiger partial charge is 0.295 e. The van der Waals surface area contributed by atoms with Gasteiger partial charge in [0.05, 0.1) is 19.7 Å². The van der Waals surface area contributed by atoms with E-state index in [4.69, 9.17) is 15.5 Å². The summed E-state index contributed by atoms with van der Waals surface area (Å²) >= 11 is 0. The van der Waals surface area contributed by atoms with Crippen LogP contribution >= 0.6 is 0 Å². The summed E-state index contributed by atoms with van der Waals surface area (Å²) < 4.78 is 9.44. The van der Waals surface area contributed by atoms with Crippen LogP contribution in [0.3, 0.4) is 0 Å². The van der Waals surface area contributed by atoms with Gasteiger partial charge in [-0.2, -0.15) is 0 Å². The van der Waals surface area contributed by atoms with E-state index in [0.29, 0.717) is 31.1 Å². The number of ether oxygens (including phenoxy) is 2. The third-order valence-electron chi connectivity index (χ3n) is 6.05. The monoisotopic (exact) mass is 443 g/mol. The van der Waals surface area contributed by atoms with Gasteiger partial charge in [0.1, 0.15) is 5.84 Å². The molecule has 0 aromatic heterocycles. The van der Waals surface area contributed by atoms with Crippen LogP contribution in [0.15, 0.2) is 34.3 Å². The van der Waals surface area contributed by atoms with Crippen LogP contribution in [0.25, 0.3) is 0 Å². The van der Waals surface area contributed by atoms with Gasteiger partial charge in [-0.3, -0.25) is 24.3 Å². The van der Waals surface area contributed by atoms with Crippen LogP contribution in [-0.4, -0.2) is 86.8 Å². The first kappa shape index (κ1) is 21.6. The number of anilines is 1. The minimum absolute atomic E-state index is 0.0118. The van der Waals surface area contributed by atoms with Crippen molar-refractivity contribution in [2.75, 3.05) is 38.2 Å². The van der Waals surface area contributed by atoms with Crippen molar-refractivity contribution in [3.63, 3.8) is 0 Å². The van der Waals surface area contributed by atoms with E-state index in [1.165, 1.54) is 0 Å². The van der Waals surface area contributed by atoms with Crippen molar-refractivity contribution in [3.8, 4) is 0 Å². The number of hydrogen-bond donors (Lipinski definition) is 3. The number of carbonyl (C=O) groups is 3. The number of fused-ring (bicyclic) bond motifs is 1. The Morgan fingerprint density at radius 1 is 1.34 bits per heavy atom. The van der Waals surface area contributed by atoms with E-state index < -0.39 is 17.8 Å². The predicted molar refractivity (Wildman–Crippen MR) is 115 cm³/mol. The van der Waals surface area contributed by atoms with Gasteiger partial charge in [0.25, 0.3) is 18.9 Å². The molecule has 170 valence electrons. The number of nitrogens with two attached hydrogens (primary N) is 1. The number of carbonyl (C=O) groups excluding carboxylic acids is 3. The molecule has 1 aromatic carbocycles. The van der Waals surface area contributed by atoms with Gasteiger partial charge in [0, 0.05) is 30.3 Å². The summed E-state index contributed by atoms with van der Waals surface area (Å²) in [5, 5.41) is 5.71. The summed E-state index contributed by atoms with van der Waals surface area (Å²) in [4.78, 5) is 47.1. The van der Waals surface area contributed by atoms with E-state index in [0.717, 1.165) is 18.1 Å². The summed E-state index contributed by atoms with van der Waals surface area (Å²) in [6, 6.07) is 7.38. The standard InChI is InChI=1S/C20H25N7O5/c1-26-15-8-22-18-20(26,10-23-19(21)25-18)27(9-15)14-4-2-13(3-5-14)17(30)24-16(32-12-29)6-7-31-11-28/h2-5,11-12,15-16H,6-10H2,1H3,(H,24,30)(H3,21,22,23,25). The second-order valence-corrected chi connectivity index (χ2v) is 7.70. The molecule has 0 radical (unpaired) electrons. The highest BCUT2D eigenvalue weighted by molar-refractivity contribution is 6.08. The third-order valence-corrected chi connectivity index (χ3v) is 6.05. The highest BCUT2D eigenvalue weighted by Crippen LogP contribution is 2.39. The molecular formula is C20H25N7O5. The van der Waals surface area contributed by atoms with Gasteiger partial charge in [-0.1, -0.05) is 0 Å². The summed E-state index contributed by atoms with van der Waals surface area (Å²) in [6.07, 6.45) is -0.759. The molecule has 1 aromatic rings. The Labute approximate surface area is 184 Å². The Morgan fingerprint density at radius 3 is 2.84 bits per heavy atom. The minimum Gasteiger partial charge on any atom is -0.468 e. The molecule has 1 spiro atoms. The number of amides is 1. The molecule has 3 unspecified atom stereocenters. The van der Waals surface area contributed by atoms with Crippen LogP contribution in [0.2, 0.25) is 0 Å². The van der Waals surface area contributed by atoms with Crippen LogP contribution in [0, 0.1) is 0 Å². The zero-order chi connectivity index (χ0) is 22.7. The van der Waals surface area contributed by atoms with E-state index in [2.05, 4.69) is 37.2 Å². The fourth-order valence-corrected chi connectivity index (χ4v) is 4.35. The molecule has 2 bridgehead atoms. The summed E-state index contributed by atoms with van der Waals surface area (Å²) in [6.45, 7) is 2.42. The molecule has 3 aliphatic rings. The minimum atomic E-state index is -0.902. The van der Waals surface area contributed by atoms with E-state index in [-0.39, 0.29) is 25.5 Å². The summed E-state index contributed by atoms with van der Waals surface area (Å²) in [5.74, 6) is 0.712. The highest BCUT2D eigenvalue weighted by atomic mass is 16.5. The Balaban J connectivity index is 1.50. The molecule has 32 heavy (non-hydrogen) atoms. The lowest BCUT2D eigenvalue weighted by atomic mass is 10.0. The molecule has 1 fully saturated rings. The van der Waals surface area contributed by atoms with Crippen LogP contribution in [0.4, 0.5) is 5.69 Å². The second kappa shape index (κ2) is 8.83. The van der Waals surface area contributed by atoms with Gasteiger partial charge >= 0.3 is 0 Å². The van der Waals surface area contributed by atoms with Crippen LogP contribution in [-0.2, 0) is 19.1 Å². The number of nitrogens with one attached hydrogen (secondary N) is 2. The van der Waals surface area contributed by atoms with Crippen molar-refractivity contribution in [1.29, 1.82) is 0 Å². The van der Waals surface area contributed by atoms with Gasteiger partial charge in [0.2, 0.25) is 0 Å². The van der Waals surface area contributed by atoms with Crippen LogP contribution in [0.5, 0.6) is 0 Å². The van der Waals surface area contributed by atoms with Crippen LogP contribution in [0.1, 0.15) is 16.8 Å². The van der Waals surface area contributed by atoms with E-state index in [9.17, 15) is 14.4 Å². The SMILES string of the molecule is CN1C2CN=C3NC(N)=NCC31N(c1ccc(C(=O)NC(CCOC=O)OC=O)cc1)C2. The number of rotatable bonds is 9. The van der Waals surface area contributed by atoms with E-state index in [1.54, 1.807) is 12.1 Å². The first-order valence-electron chi connectivity index (χ1n) is 10.2. The maximum atomic E-state index is 12.6. The molecule has 4 N–H and O–H groups in total. The fourth-order valence-electron chi connectivity index (χ4n) is 4.35. The number of benzene rings is 1. The van der Waals surface area contributed by atoms with Crippen molar-refractivity contribution >= 4 is 36.3 Å². The molecule has 4 rings (SSSR count). The number of hydrogen-bond acceptors (Lipinski definition) is 11. The average molecular weight is 443 g/mol. The average Bonchev–Trinajstić information content (AvgIpc) is 2.95. The van der Waals surface area contributed by atoms with Gasteiger partial charge < -0.3 is 30.7 Å². The fraction of sp³-hybridized carbons (Fsp3) is 0.450. The Hall–Kier alpha value is -3.67. The number of guanidine groups is 1. The van der Waals surface area contributed by atoms with Gasteiger partial charge in [-0.25, -0.2) is 4.99 Å². The summed E-state index contributed by atoms with van der Waals surface area (Å²) in [5.41, 5.74) is 6.64. The Kier molecular flexibility index (Phi) is 5.95. The lowest BCUT2D eigenvalue weighted by Crippen LogP contribution is -2.70. The van der Waals surface area contributed by atoms with Crippen molar-refractivity contribution in [2.24, 2.45) is 15.7 Å². The largest absolute Gasteiger partial charge is 0.468 e. The van der Waals surface area contributed by atoms with Gasteiger partial charge in [0.15, 0.2) is 17.9 Å². The number of aliphatic imine (C=N–C) groups is 2. The lowest BCUT2D eigenvalue weighted by Gasteiger charge is -2.47. The Morgan fingerprint density at radius 2 is 2.12 bits per heavy atom. The maximum absolute atomic E-state index is 12.6. The zero-order valence-corrected chi connectivity index (χ0v) is 17.6. The normalized spacial score (nSPS) is 24.9. The molecule has 0 saturated carbocycles. The van der Waals surface area contributed by atoms with Crippen molar-refractivity contribution in [2.45, 2.75) is 24.4 Å². The Bertz CT molecular complexity index is 950. The first-order valence-corrected chi connectivity index (χ1v) is 10.2. The number of amidine groups is 1. The number of nitrogens with zero attached hydrogens (tertiary/aromatic N) is 4. The van der Waals surface area contributed by atoms with Crippen molar-refractivity contribution in [1.82, 2.24) is 15.5 Å². The molecule has 12 nitrogen and oxygen atoms in total. The quantitative estimate of drug-likeness (QED) is 0.238. The third kappa shape index (κ3) is 3.73.